The molecule has 0 spiro atoms. The number of likely N-dealkylation sites (tertiary alicyclic amines) is 1. The van der Waals surface area contributed by atoms with Crippen molar-refractivity contribution < 1.29 is 14.3 Å². The Bertz CT molecular complexity index is 585. The van der Waals surface area contributed by atoms with Gasteiger partial charge in [0.05, 0.1) is 6.61 Å². The van der Waals surface area contributed by atoms with Gasteiger partial charge in [0.1, 0.15) is 0 Å². The first-order valence-electron chi connectivity index (χ1n) is 9.22. The quantitative estimate of drug-likeness (QED) is 0.832. The summed E-state index contributed by atoms with van der Waals surface area (Å²) in [6.45, 7) is 4.70. The number of ether oxygens (including phenoxy) is 1. The number of amides is 2. The summed E-state index contributed by atoms with van der Waals surface area (Å²) >= 11 is 0. The Morgan fingerprint density at radius 2 is 1.96 bits per heavy atom. The number of hydrogen-bond acceptors (Lipinski definition) is 4. The van der Waals surface area contributed by atoms with E-state index in [1.54, 1.807) is 19.3 Å². The van der Waals surface area contributed by atoms with Crippen LogP contribution < -0.4 is 5.32 Å². The van der Waals surface area contributed by atoms with Crippen LogP contribution in [0.2, 0.25) is 0 Å². The summed E-state index contributed by atoms with van der Waals surface area (Å²) in [7, 11) is 0. The molecule has 6 heteroatoms. The molecule has 25 heavy (non-hydrogen) atoms. The molecule has 1 aliphatic carbocycles. The molecule has 0 atom stereocenters. The van der Waals surface area contributed by atoms with Crippen LogP contribution >= 0.6 is 0 Å². The molecule has 1 saturated heterocycles. The molecule has 0 bridgehead atoms. The molecule has 2 heterocycles. The lowest BCUT2D eigenvalue weighted by Gasteiger charge is -2.33. The summed E-state index contributed by atoms with van der Waals surface area (Å²) in [5.41, 5.74) is 1.06. The maximum absolute atomic E-state index is 12.2. The maximum atomic E-state index is 12.2. The molecule has 3 aliphatic rings. The van der Waals surface area contributed by atoms with Gasteiger partial charge in [0.15, 0.2) is 0 Å². The van der Waals surface area contributed by atoms with E-state index in [0.29, 0.717) is 6.61 Å². The standard InChI is InChI=1S/C19H27N3O3/c1-2-25-19(24)22-10-3-4-17(9-13-22)21-11-7-16(8-12-21)18(23)20-14-15-5-6-15/h3-4,9-10,13,15-16H,2,5-8,11-12,14H2,1H3,(H,20,23). The lowest BCUT2D eigenvalue weighted by Crippen LogP contribution is -2.40. The van der Waals surface area contributed by atoms with Crippen LogP contribution in [0.3, 0.4) is 0 Å². The topological polar surface area (TPSA) is 61.9 Å². The normalized spacial score (nSPS) is 20.9. The van der Waals surface area contributed by atoms with E-state index in [9.17, 15) is 9.59 Å². The van der Waals surface area contributed by atoms with Crippen LogP contribution in [-0.2, 0) is 9.53 Å². The summed E-state index contributed by atoms with van der Waals surface area (Å²) < 4.78 is 5.01. The van der Waals surface area contributed by atoms with E-state index in [-0.39, 0.29) is 17.9 Å². The SMILES string of the molecule is CCOC(=O)N1C=CC=C(N2CCC(C(=O)NCC3CC3)CC2)C=C1. The Kier molecular flexibility index (Phi) is 5.79. The van der Waals surface area contributed by atoms with Gasteiger partial charge in [-0.2, -0.15) is 0 Å². The second-order valence-corrected chi connectivity index (χ2v) is 6.80. The predicted molar refractivity (Wildman–Crippen MR) is 95.3 cm³/mol. The zero-order chi connectivity index (χ0) is 17.6. The van der Waals surface area contributed by atoms with Crippen molar-refractivity contribution in [1.82, 2.24) is 15.1 Å². The van der Waals surface area contributed by atoms with Crippen molar-refractivity contribution >= 4 is 12.0 Å². The molecular weight excluding hydrogens is 318 g/mol. The van der Waals surface area contributed by atoms with Gasteiger partial charge in [-0.1, -0.05) is 0 Å². The minimum atomic E-state index is -0.379. The molecule has 2 amide bonds. The van der Waals surface area contributed by atoms with Crippen LogP contribution in [0.25, 0.3) is 0 Å². The molecule has 0 radical (unpaired) electrons. The van der Waals surface area contributed by atoms with Gasteiger partial charge in [0.2, 0.25) is 5.91 Å². The van der Waals surface area contributed by atoms with E-state index in [0.717, 1.165) is 44.1 Å². The monoisotopic (exact) mass is 345 g/mol. The van der Waals surface area contributed by atoms with Crippen molar-refractivity contribution in [3.63, 3.8) is 0 Å². The average molecular weight is 345 g/mol. The molecule has 0 unspecified atom stereocenters. The van der Waals surface area contributed by atoms with E-state index in [1.165, 1.54) is 17.7 Å². The van der Waals surface area contributed by atoms with Crippen molar-refractivity contribution in [2.75, 3.05) is 26.2 Å². The second kappa shape index (κ2) is 8.23. The van der Waals surface area contributed by atoms with Crippen molar-refractivity contribution in [3.8, 4) is 0 Å². The minimum Gasteiger partial charge on any atom is -0.449 e. The minimum absolute atomic E-state index is 0.122. The van der Waals surface area contributed by atoms with Crippen molar-refractivity contribution in [2.45, 2.75) is 32.6 Å². The van der Waals surface area contributed by atoms with Crippen LogP contribution in [0.15, 0.2) is 36.3 Å². The number of rotatable bonds is 5. The van der Waals surface area contributed by atoms with Gasteiger partial charge in [-0.15, -0.1) is 0 Å². The fourth-order valence-electron chi connectivity index (χ4n) is 3.14. The summed E-state index contributed by atoms with van der Waals surface area (Å²) in [5.74, 6) is 1.06. The molecule has 2 fully saturated rings. The number of nitrogens with zero attached hydrogens (tertiary/aromatic N) is 2. The Balaban J connectivity index is 1.48. The number of allylic oxidation sites excluding steroid dienone is 3. The number of piperidine rings is 1. The largest absolute Gasteiger partial charge is 0.449 e. The van der Waals surface area contributed by atoms with Crippen LogP contribution in [0.1, 0.15) is 32.6 Å². The Morgan fingerprint density at radius 1 is 1.20 bits per heavy atom. The van der Waals surface area contributed by atoms with Gasteiger partial charge in [-0.3, -0.25) is 9.69 Å². The Hall–Kier alpha value is -2.24. The van der Waals surface area contributed by atoms with Crippen molar-refractivity contribution in [1.29, 1.82) is 0 Å². The van der Waals surface area contributed by atoms with E-state index in [2.05, 4.69) is 10.2 Å². The number of nitrogens with one attached hydrogen (secondary N) is 1. The van der Waals surface area contributed by atoms with Crippen molar-refractivity contribution in [2.24, 2.45) is 11.8 Å². The van der Waals surface area contributed by atoms with E-state index >= 15 is 0 Å². The number of hydrogen-bond donors (Lipinski definition) is 1. The maximum Gasteiger partial charge on any atom is 0.417 e. The lowest BCUT2D eigenvalue weighted by atomic mass is 9.95. The average Bonchev–Trinajstić information content (AvgIpc) is 3.46. The van der Waals surface area contributed by atoms with E-state index < -0.39 is 0 Å². The molecule has 1 saturated carbocycles. The molecule has 0 aromatic rings. The van der Waals surface area contributed by atoms with Gasteiger partial charge < -0.3 is 15.0 Å². The van der Waals surface area contributed by atoms with Gasteiger partial charge in [-0.05, 0) is 56.8 Å². The molecule has 2 aliphatic heterocycles. The zero-order valence-corrected chi connectivity index (χ0v) is 14.8. The van der Waals surface area contributed by atoms with Crippen LogP contribution in [0.4, 0.5) is 4.79 Å². The van der Waals surface area contributed by atoms with E-state index in [4.69, 9.17) is 4.74 Å². The highest BCUT2D eigenvalue weighted by atomic mass is 16.5. The molecule has 1 N–H and O–H groups in total. The second-order valence-electron chi connectivity index (χ2n) is 6.80. The van der Waals surface area contributed by atoms with E-state index in [1.807, 2.05) is 18.2 Å². The fraction of sp³-hybridized carbons (Fsp3) is 0.579. The highest BCUT2D eigenvalue weighted by molar-refractivity contribution is 5.78. The third-order valence-corrected chi connectivity index (χ3v) is 4.89. The first-order valence-corrected chi connectivity index (χ1v) is 9.22. The number of carbonyl (C=O) groups is 2. The van der Waals surface area contributed by atoms with Crippen LogP contribution in [-0.4, -0.2) is 48.0 Å². The molecule has 136 valence electrons. The smallest absolute Gasteiger partial charge is 0.417 e. The van der Waals surface area contributed by atoms with Crippen LogP contribution in [0.5, 0.6) is 0 Å². The fourth-order valence-corrected chi connectivity index (χ4v) is 3.14. The van der Waals surface area contributed by atoms with Gasteiger partial charge in [-0.25, -0.2) is 4.79 Å². The van der Waals surface area contributed by atoms with Crippen molar-refractivity contribution in [3.05, 3.63) is 36.3 Å². The first-order chi connectivity index (χ1) is 12.2. The molecule has 0 aromatic heterocycles. The van der Waals surface area contributed by atoms with Gasteiger partial charge in [0.25, 0.3) is 0 Å². The Morgan fingerprint density at radius 3 is 2.64 bits per heavy atom. The summed E-state index contributed by atoms with van der Waals surface area (Å²) in [5, 5.41) is 3.09. The highest BCUT2D eigenvalue weighted by Crippen LogP contribution is 2.28. The summed E-state index contributed by atoms with van der Waals surface area (Å²) in [6.07, 6.45) is 13.1. The highest BCUT2D eigenvalue weighted by Gasteiger charge is 2.27. The molecular formula is C19H27N3O3. The lowest BCUT2D eigenvalue weighted by molar-refractivity contribution is -0.126. The van der Waals surface area contributed by atoms with Crippen LogP contribution in [0, 0.1) is 11.8 Å². The van der Waals surface area contributed by atoms with Gasteiger partial charge >= 0.3 is 6.09 Å². The zero-order valence-electron chi connectivity index (χ0n) is 14.8. The first kappa shape index (κ1) is 17.6. The molecule has 6 nitrogen and oxygen atoms in total. The molecule has 3 rings (SSSR count). The molecule has 0 aromatic carbocycles. The third kappa shape index (κ3) is 4.87. The predicted octanol–water partition coefficient (Wildman–Crippen LogP) is 2.61. The Labute approximate surface area is 149 Å². The summed E-state index contributed by atoms with van der Waals surface area (Å²) in [6, 6.07) is 0. The number of carbonyl (C=O) groups excluding carboxylic acids is 2. The van der Waals surface area contributed by atoms with Gasteiger partial charge in [0, 0.05) is 43.6 Å². The third-order valence-electron chi connectivity index (χ3n) is 4.89. The summed E-state index contributed by atoms with van der Waals surface area (Å²) in [4.78, 5) is 27.7.